The normalized spacial score (nSPS) is 10.6. The van der Waals surface area contributed by atoms with Crippen molar-refractivity contribution in [2.45, 2.75) is 13.3 Å². The molecule has 2 rings (SSSR count). The van der Waals surface area contributed by atoms with Gasteiger partial charge in [-0.25, -0.2) is 5.43 Å². The number of hydrazone groups is 1. The van der Waals surface area contributed by atoms with Crippen LogP contribution in [0, 0.1) is 0 Å². The van der Waals surface area contributed by atoms with Gasteiger partial charge in [-0.2, -0.15) is 5.10 Å². The lowest BCUT2D eigenvalue weighted by atomic mass is 10.2. The minimum absolute atomic E-state index is 0.320. The molecule has 1 amide bonds. The number of carbonyl (C=O) groups excluding carboxylic acids is 1. The molecule has 120 valence electrons. The number of aryl methyl sites for hydroxylation is 1. The fourth-order valence-corrected chi connectivity index (χ4v) is 1.91. The van der Waals surface area contributed by atoms with Crippen LogP contribution in [0.2, 0.25) is 0 Å². The van der Waals surface area contributed by atoms with Crippen LogP contribution in [0.1, 0.15) is 28.5 Å². The smallest absolute Gasteiger partial charge is 0.289 e. The fraction of sp³-hybridized carbons (Fsp3) is 0.235. The molecule has 1 aromatic heterocycles. The third-order valence-electron chi connectivity index (χ3n) is 3.28. The number of aromatic nitrogens is 1. The SMILES string of the molecule is CCc1ccc(C(=O)N/N=C\c2ccc(OC)cc2OC)nc1. The van der Waals surface area contributed by atoms with E-state index in [0.717, 1.165) is 17.5 Å². The fourth-order valence-electron chi connectivity index (χ4n) is 1.91. The van der Waals surface area contributed by atoms with Crippen molar-refractivity contribution in [1.29, 1.82) is 0 Å². The average Bonchev–Trinajstić information content (AvgIpc) is 2.61. The molecular formula is C17H19N3O3. The highest BCUT2D eigenvalue weighted by Crippen LogP contribution is 2.22. The molecule has 0 saturated heterocycles. The average molecular weight is 313 g/mol. The number of pyridine rings is 1. The number of nitrogens with zero attached hydrogens (tertiary/aromatic N) is 2. The molecular weight excluding hydrogens is 294 g/mol. The molecule has 0 aliphatic rings. The molecule has 2 aromatic rings. The van der Waals surface area contributed by atoms with E-state index in [-0.39, 0.29) is 5.91 Å². The number of rotatable bonds is 6. The van der Waals surface area contributed by atoms with Crippen LogP contribution in [0.5, 0.6) is 11.5 Å². The summed E-state index contributed by atoms with van der Waals surface area (Å²) < 4.78 is 10.4. The van der Waals surface area contributed by atoms with E-state index in [9.17, 15) is 4.79 Å². The molecule has 0 bridgehead atoms. The molecule has 0 spiro atoms. The predicted octanol–water partition coefficient (Wildman–Crippen LogP) is 2.43. The lowest BCUT2D eigenvalue weighted by Crippen LogP contribution is -2.19. The van der Waals surface area contributed by atoms with E-state index < -0.39 is 0 Å². The second kappa shape index (κ2) is 7.93. The highest BCUT2D eigenvalue weighted by molar-refractivity contribution is 5.93. The van der Waals surface area contributed by atoms with Crippen LogP contribution in [0.4, 0.5) is 0 Å². The Kier molecular flexibility index (Phi) is 5.68. The van der Waals surface area contributed by atoms with Gasteiger partial charge in [0, 0.05) is 17.8 Å². The quantitative estimate of drug-likeness (QED) is 0.656. The van der Waals surface area contributed by atoms with Gasteiger partial charge < -0.3 is 9.47 Å². The van der Waals surface area contributed by atoms with Gasteiger partial charge in [-0.15, -0.1) is 0 Å². The topological polar surface area (TPSA) is 72.8 Å². The minimum Gasteiger partial charge on any atom is -0.497 e. The Morgan fingerprint density at radius 1 is 1.26 bits per heavy atom. The molecule has 1 heterocycles. The molecule has 0 saturated carbocycles. The monoisotopic (exact) mass is 313 g/mol. The van der Waals surface area contributed by atoms with Crippen LogP contribution in [0.15, 0.2) is 41.6 Å². The zero-order valence-electron chi connectivity index (χ0n) is 13.4. The number of hydrogen-bond donors (Lipinski definition) is 1. The Labute approximate surface area is 135 Å². The van der Waals surface area contributed by atoms with E-state index in [1.54, 1.807) is 44.7 Å². The molecule has 1 N–H and O–H groups in total. The first-order chi connectivity index (χ1) is 11.2. The van der Waals surface area contributed by atoms with Crippen molar-refractivity contribution in [1.82, 2.24) is 10.4 Å². The molecule has 0 unspecified atom stereocenters. The summed E-state index contributed by atoms with van der Waals surface area (Å²) in [5.41, 5.74) is 4.57. The zero-order valence-corrected chi connectivity index (χ0v) is 13.4. The van der Waals surface area contributed by atoms with Crippen molar-refractivity contribution in [3.63, 3.8) is 0 Å². The summed E-state index contributed by atoms with van der Waals surface area (Å²) in [6.07, 6.45) is 4.08. The number of benzene rings is 1. The van der Waals surface area contributed by atoms with Gasteiger partial charge in [0.05, 0.1) is 20.4 Å². The maximum Gasteiger partial charge on any atom is 0.289 e. The number of nitrogens with one attached hydrogen (secondary N) is 1. The van der Waals surface area contributed by atoms with Gasteiger partial charge in [-0.05, 0) is 30.2 Å². The summed E-state index contributed by atoms with van der Waals surface area (Å²) in [6, 6.07) is 8.88. The van der Waals surface area contributed by atoms with E-state index in [1.165, 1.54) is 6.21 Å². The van der Waals surface area contributed by atoms with Crippen LogP contribution in [0.25, 0.3) is 0 Å². The predicted molar refractivity (Wildman–Crippen MR) is 88.2 cm³/mol. The second-order valence-electron chi connectivity index (χ2n) is 4.71. The summed E-state index contributed by atoms with van der Waals surface area (Å²) in [7, 11) is 3.14. The standard InChI is InChI=1S/C17H19N3O3/c1-4-12-5-8-15(18-10-12)17(21)20-19-11-13-6-7-14(22-2)9-16(13)23-3/h5-11H,4H2,1-3H3,(H,20,21)/b19-11-. The van der Waals surface area contributed by atoms with Crippen LogP contribution < -0.4 is 14.9 Å². The number of carbonyl (C=O) groups is 1. The number of amides is 1. The summed E-state index contributed by atoms with van der Waals surface area (Å²) in [5, 5.41) is 3.94. The van der Waals surface area contributed by atoms with E-state index in [4.69, 9.17) is 9.47 Å². The first-order valence-corrected chi connectivity index (χ1v) is 7.18. The summed E-state index contributed by atoms with van der Waals surface area (Å²) in [6.45, 7) is 2.03. The summed E-state index contributed by atoms with van der Waals surface area (Å²) in [5.74, 6) is 0.924. The Morgan fingerprint density at radius 3 is 2.70 bits per heavy atom. The van der Waals surface area contributed by atoms with Gasteiger partial charge in [0.25, 0.3) is 5.91 Å². The zero-order chi connectivity index (χ0) is 16.7. The van der Waals surface area contributed by atoms with Crippen molar-refractivity contribution >= 4 is 12.1 Å². The second-order valence-corrected chi connectivity index (χ2v) is 4.71. The minimum atomic E-state index is -0.364. The molecule has 0 fully saturated rings. The maximum absolute atomic E-state index is 12.0. The molecule has 0 radical (unpaired) electrons. The van der Waals surface area contributed by atoms with E-state index in [2.05, 4.69) is 15.5 Å². The van der Waals surface area contributed by atoms with Gasteiger partial charge in [0.2, 0.25) is 0 Å². The van der Waals surface area contributed by atoms with E-state index >= 15 is 0 Å². The Balaban J connectivity index is 2.04. The number of hydrogen-bond acceptors (Lipinski definition) is 5. The lowest BCUT2D eigenvalue weighted by molar-refractivity contribution is 0.0950. The summed E-state index contributed by atoms with van der Waals surface area (Å²) in [4.78, 5) is 16.1. The van der Waals surface area contributed by atoms with Gasteiger partial charge in [0.1, 0.15) is 17.2 Å². The number of ether oxygens (including phenoxy) is 2. The molecule has 23 heavy (non-hydrogen) atoms. The van der Waals surface area contributed by atoms with Crippen molar-refractivity contribution in [3.8, 4) is 11.5 Å². The highest BCUT2D eigenvalue weighted by Gasteiger charge is 2.06. The first-order valence-electron chi connectivity index (χ1n) is 7.18. The van der Waals surface area contributed by atoms with Crippen LogP contribution in [-0.2, 0) is 6.42 Å². The highest BCUT2D eigenvalue weighted by atomic mass is 16.5. The Bertz CT molecular complexity index is 697. The first kappa shape index (κ1) is 16.5. The van der Waals surface area contributed by atoms with Crippen LogP contribution >= 0.6 is 0 Å². The molecule has 0 aliphatic heterocycles. The number of methoxy groups -OCH3 is 2. The van der Waals surface area contributed by atoms with E-state index in [0.29, 0.717) is 17.2 Å². The van der Waals surface area contributed by atoms with Crippen LogP contribution in [-0.4, -0.2) is 31.3 Å². The Hall–Kier alpha value is -2.89. The third-order valence-corrected chi connectivity index (χ3v) is 3.28. The van der Waals surface area contributed by atoms with Crippen LogP contribution in [0.3, 0.4) is 0 Å². The largest absolute Gasteiger partial charge is 0.497 e. The van der Waals surface area contributed by atoms with Crippen molar-refractivity contribution < 1.29 is 14.3 Å². The van der Waals surface area contributed by atoms with E-state index in [1.807, 2.05) is 13.0 Å². The molecule has 0 aliphatic carbocycles. The maximum atomic E-state index is 12.0. The van der Waals surface area contributed by atoms with Gasteiger partial charge in [-0.1, -0.05) is 13.0 Å². The molecule has 6 heteroatoms. The Morgan fingerprint density at radius 2 is 2.09 bits per heavy atom. The molecule has 6 nitrogen and oxygen atoms in total. The third kappa shape index (κ3) is 4.29. The van der Waals surface area contributed by atoms with Crippen molar-refractivity contribution in [2.24, 2.45) is 5.10 Å². The lowest BCUT2D eigenvalue weighted by Gasteiger charge is -2.06. The molecule has 0 atom stereocenters. The van der Waals surface area contributed by atoms with Gasteiger partial charge in [-0.3, -0.25) is 9.78 Å². The van der Waals surface area contributed by atoms with Gasteiger partial charge in [0.15, 0.2) is 0 Å². The van der Waals surface area contributed by atoms with Gasteiger partial charge >= 0.3 is 0 Å². The van der Waals surface area contributed by atoms with Crippen molar-refractivity contribution in [2.75, 3.05) is 14.2 Å². The van der Waals surface area contributed by atoms with Crippen molar-refractivity contribution in [3.05, 3.63) is 53.3 Å². The summed E-state index contributed by atoms with van der Waals surface area (Å²) >= 11 is 0. The molecule has 1 aromatic carbocycles.